The van der Waals surface area contributed by atoms with Gasteiger partial charge in [0.05, 0.1) is 5.60 Å². The molecule has 2 aromatic carbocycles. The molecular formula is C50H64N2O4. The summed E-state index contributed by atoms with van der Waals surface area (Å²) in [5.74, 6) is 3.21. The number of hydrogen-bond acceptors (Lipinski definition) is 6. The van der Waals surface area contributed by atoms with Crippen LogP contribution in [0.3, 0.4) is 0 Å². The minimum atomic E-state index is -0.718. The molecule has 6 nitrogen and oxygen atoms in total. The molecule has 8 bridgehead atoms. The molecule has 13 unspecified atom stereocenters. The second-order valence-electron chi connectivity index (χ2n) is 24.2. The van der Waals surface area contributed by atoms with E-state index in [2.05, 4.69) is 104 Å². The van der Waals surface area contributed by atoms with Crippen LogP contribution in [0.1, 0.15) is 133 Å². The van der Waals surface area contributed by atoms with Crippen LogP contribution in [0.5, 0.6) is 11.5 Å². The van der Waals surface area contributed by atoms with Gasteiger partial charge in [0.25, 0.3) is 0 Å². The molecule has 6 spiro atoms. The van der Waals surface area contributed by atoms with Gasteiger partial charge < -0.3 is 14.6 Å². The van der Waals surface area contributed by atoms with E-state index in [-0.39, 0.29) is 61.9 Å². The van der Waals surface area contributed by atoms with Gasteiger partial charge in [-0.1, -0.05) is 58.9 Å². The number of ketones is 1. The predicted molar refractivity (Wildman–Crippen MR) is 216 cm³/mol. The highest BCUT2D eigenvalue weighted by Crippen LogP contribution is 2.88. The molecule has 17 atom stereocenters. The summed E-state index contributed by atoms with van der Waals surface area (Å²) in [4.78, 5) is 18.1. The Morgan fingerprint density at radius 3 is 1.68 bits per heavy atom. The lowest BCUT2D eigenvalue weighted by Crippen LogP contribution is -2.73. The number of carbonyl (C=O) groups is 1. The summed E-state index contributed by atoms with van der Waals surface area (Å²) in [7, 11) is 4.71. The lowest BCUT2D eigenvalue weighted by molar-refractivity contribution is -0.246. The van der Waals surface area contributed by atoms with E-state index in [0.717, 1.165) is 19.3 Å². The lowest BCUT2D eigenvalue weighted by atomic mass is 9.35. The maximum absolute atomic E-state index is 12.7. The van der Waals surface area contributed by atoms with Gasteiger partial charge in [-0.05, 0) is 140 Å². The third-order valence-electron chi connectivity index (χ3n) is 22.0. The average molecular weight is 757 g/mol. The van der Waals surface area contributed by atoms with Gasteiger partial charge in [-0.25, -0.2) is 0 Å². The summed E-state index contributed by atoms with van der Waals surface area (Å²) >= 11 is 0. The first-order valence-corrected chi connectivity index (χ1v) is 22.5. The molecule has 0 radical (unpaired) electrons. The minimum Gasteiger partial charge on any atom is -0.488 e. The number of aryl methyl sites for hydroxylation is 2. The van der Waals surface area contributed by atoms with Crippen molar-refractivity contribution in [3.8, 4) is 11.5 Å². The van der Waals surface area contributed by atoms with Crippen LogP contribution in [-0.2, 0) is 28.5 Å². The van der Waals surface area contributed by atoms with E-state index in [9.17, 15) is 9.90 Å². The average Bonchev–Trinajstić information content (AvgIpc) is 3.56. The van der Waals surface area contributed by atoms with Crippen molar-refractivity contribution in [3.05, 3.63) is 57.6 Å². The van der Waals surface area contributed by atoms with Crippen LogP contribution in [0.2, 0.25) is 0 Å². The van der Waals surface area contributed by atoms with E-state index in [1.807, 2.05) is 6.92 Å². The van der Waals surface area contributed by atoms with Crippen molar-refractivity contribution >= 4 is 5.78 Å². The quantitative estimate of drug-likeness (QED) is 0.314. The van der Waals surface area contributed by atoms with E-state index >= 15 is 0 Å². The molecule has 10 fully saturated rings. The number of nitrogens with zero attached hydrogens (tertiary/aromatic N) is 2. The fourth-order valence-electron chi connectivity index (χ4n) is 19.4. The molecule has 4 aliphatic heterocycles. The number of benzene rings is 2. The fourth-order valence-corrected chi connectivity index (χ4v) is 19.4. The van der Waals surface area contributed by atoms with Crippen molar-refractivity contribution < 1.29 is 19.4 Å². The highest BCUT2D eigenvalue weighted by atomic mass is 16.5. The zero-order valence-corrected chi connectivity index (χ0v) is 35.9. The molecule has 2 aromatic rings. The van der Waals surface area contributed by atoms with Gasteiger partial charge >= 0.3 is 0 Å². The van der Waals surface area contributed by atoms with Gasteiger partial charge in [-0.3, -0.25) is 14.6 Å². The second-order valence-corrected chi connectivity index (χ2v) is 24.2. The Hall–Kier alpha value is -2.41. The van der Waals surface area contributed by atoms with E-state index in [1.165, 1.54) is 67.6 Å². The molecule has 2 saturated heterocycles. The first-order valence-electron chi connectivity index (χ1n) is 22.5. The van der Waals surface area contributed by atoms with Crippen LogP contribution in [-0.4, -0.2) is 75.8 Å². The molecule has 6 heteroatoms. The van der Waals surface area contributed by atoms with Gasteiger partial charge in [0.2, 0.25) is 0 Å². The summed E-state index contributed by atoms with van der Waals surface area (Å²) < 4.78 is 14.0. The number of ether oxygens (including phenoxy) is 2. The SMILES string of the molecule is CC(=O)C1CC23CCC1(C)C1Oc4c(C)ccc5c4[C@@]12CC1(C5)[C@H]3N1C.Cc1ccc2c3c1OC1C4(C)CCC5(CC4C(C)(O)C(C)(C)C)[C@@H]4N(C)C4(C2)C[C@]315. The van der Waals surface area contributed by atoms with Crippen molar-refractivity contribution in [2.45, 2.75) is 178 Å². The van der Waals surface area contributed by atoms with Gasteiger partial charge in [-0.2, -0.15) is 0 Å². The first-order chi connectivity index (χ1) is 26.2. The van der Waals surface area contributed by atoms with Crippen LogP contribution in [0.25, 0.3) is 0 Å². The molecule has 0 amide bonds. The number of likely N-dealkylation sites (N-methyl/N-ethyl adjacent to an activating group) is 2. The summed E-state index contributed by atoms with van der Waals surface area (Å²) in [5, 5.41) is 12.0. The fraction of sp³-hybridized carbons (Fsp3) is 0.740. The molecule has 1 N–H and O–H groups in total. The number of carbonyl (C=O) groups excluding carboxylic acids is 1. The highest BCUT2D eigenvalue weighted by Gasteiger charge is 2.92. The smallest absolute Gasteiger partial charge is 0.133 e. The van der Waals surface area contributed by atoms with Crippen molar-refractivity contribution in [2.24, 2.45) is 38.9 Å². The van der Waals surface area contributed by atoms with E-state index in [1.54, 1.807) is 22.3 Å². The standard InChI is InChI=1S/C27H37NO2.C23H27NO2/c1-15-8-9-16-12-26-14-27-18(16)19(15)30-21(27)23(5)10-11-25(27,20(26)28(26)7)13-17(23)24(6,29)22(2,3)4;1-12-5-6-14-9-22-11-23-16(14)17(12)26-19(23)20(3)7-8-21(23,18(22)24(22)4)10-15(20)13(2)25/h8-9,17,20-21,29H,10-14H2,1-7H3;5-6,15,18-19H,7-11H2,1-4H3/t17?,20-,21?,23?,24?,25?,26?,27-,28?;15?,18-,19?,20?,21?,22?,23-,24?/m00/s1. The van der Waals surface area contributed by atoms with Crippen molar-refractivity contribution in [3.63, 3.8) is 0 Å². The van der Waals surface area contributed by atoms with Crippen molar-refractivity contribution in [1.29, 1.82) is 0 Å². The lowest BCUT2D eigenvalue weighted by Gasteiger charge is -2.70. The molecule has 16 rings (SSSR count). The monoisotopic (exact) mass is 756 g/mol. The van der Waals surface area contributed by atoms with Crippen LogP contribution in [0.4, 0.5) is 0 Å². The molecule has 298 valence electrons. The van der Waals surface area contributed by atoms with E-state index in [0.29, 0.717) is 28.9 Å². The van der Waals surface area contributed by atoms with Gasteiger partial charge in [0, 0.05) is 72.7 Å². The summed E-state index contributed by atoms with van der Waals surface area (Å²) in [5.41, 5.74) is 9.47. The number of Topliss-reactive ketones (excluding diaryl/α,β-unsaturated/α-hetero) is 1. The molecule has 0 aromatic heterocycles. The number of hydrogen-bond donors (Lipinski definition) is 1. The molecule has 4 heterocycles. The number of piperidine rings is 2. The maximum Gasteiger partial charge on any atom is 0.133 e. The predicted octanol–water partition coefficient (Wildman–Crippen LogP) is 8.01. The number of aliphatic hydroxyl groups is 1. The zero-order valence-electron chi connectivity index (χ0n) is 35.9. The first kappa shape index (κ1) is 34.5. The number of likely N-dealkylation sites (tertiary alicyclic amines) is 2. The Bertz CT molecular complexity index is 2280. The molecule has 56 heavy (non-hydrogen) atoms. The maximum atomic E-state index is 12.7. The Morgan fingerprint density at radius 2 is 1.20 bits per heavy atom. The Kier molecular flexibility index (Phi) is 5.55. The summed E-state index contributed by atoms with van der Waals surface area (Å²) in [6.07, 6.45) is 12.4. The number of fused-ring (bicyclic) bond motifs is 4. The van der Waals surface area contributed by atoms with Crippen LogP contribution >= 0.6 is 0 Å². The van der Waals surface area contributed by atoms with Crippen molar-refractivity contribution in [2.75, 3.05) is 14.1 Å². The van der Waals surface area contributed by atoms with Crippen LogP contribution < -0.4 is 9.47 Å². The highest BCUT2D eigenvalue weighted by molar-refractivity contribution is 5.81. The Balaban J connectivity index is 0.000000119. The summed E-state index contributed by atoms with van der Waals surface area (Å²) in [6.45, 7) is 19.9. The largest absolute Gasteiger partial charge is 0.488 e. The normalized spacial score (nSPS) is 54.4. The van der Waals surface area contributed by atoms with Gasteiger partial charge in [0.15, 0.2) is 0 Å². The summed E-state index contributed by atoms with van der Waals surface area (Å²) in [6, 6.07) is 10.7. The van der Waals surface area contributed by atoms with Crippen LogP contribution in [0.15, 0.2) is 24.3 Å². The topological polar surface area (TPSA) is 61.8 Å². The van der Waals surface area contributed by atoms with Crippen molar-refractivity contribution in [1.82, 2.24) is 9.80 Å². The van der Waals surface area contributed by atoms with Crippen LogP contribution in [0, 0.1) is 52.8 Å². The third kappa shape index (κ3) is 2.98. The molecular weight excluding hydrogens is 693 g/mol. The van der Waals surface area contributed by atoms with Gasteiger partial charge in [0.1, 0.15) is 29.5 Å². The third-order valence-corrected chi connectivity index (χ3v) is 22.0. The van der Waals surface area contributed by atoms with E-state index in [4.69, 9.17) is 9.47 Å². The van der Waals surface area contributed by atoms with Gasteiger partial charge in [-0.15, -0.1) is 0 Å². The molecule has 10 aliphatic carbocycles. The molecule has 8 saturated carbocycles. The van der Waals surface area contributed by atoms with E-state index < -0.39 is 5.60 Å². The number of rotatable bonds is 2. The Labute approximate surface area is 334 Å². The molecule has 14 aliphatic rings. The minimum absolute atomic E-state index is 0.00907. The Morgan fingerprint density at radius 1 is 0.732 bits per heavy atom. The second kappa shape index (κ2) is 9.02. The zero-order chi connectivity index (χ0) is 39.1.